The normalized spacial score (nSPS) is 15.5. The summed E-state index contributed by atoms with van der Waals surface area (Å²) < 4.78 is 4.93. The molecule has 1 aliphatic heterocycles. The van der Waals surface area contributed by atoms with Crippen molar-refractivity contribution in [2.45, 2.75) is 26.3 Å². The van der Waals surface area contributed by atoms with Gasteiger partial charge < -0.3 is 14.7 Å². The molecule has 0 fully saturated rings. The maximum absolute atomic E-state index is 13.1. The summed E-state index contributed by atoms with van der Waals surface area (Å²) in [6, 6.07) is 11.1. The van der Waals surface area contributed by atoms with Gasteiger partial charge in [0.2, 0.25) is 0 Å². The largest absolute Gasteiger partial charge is 0.360 e. The van der Waals surface area contributed by atoms with Crippen molar-refractivity contribution in [3.8, 4) is 0 Å². The Morgan fingerprint density at radius 2 is 1.96 bits per heavy atom. The molecular formula is C20H18N4O3. The number of amides is 2. The highest BCUT2D eigenvalue weighted by molar-refractivity contribution is 6.10. The van der Waals surface area contributed by atoms with E-state index in [1.165, 1.54) is 12.4 Å². The first-order chi connectivity index (χ1) is 13.0. The molecule has 2 aromatic heterocycles. The lowest BCUT2D eigenvalue weighted by molar-refractivity contribution is 0.0981. The summed E-state index contributed by atoms with van der Waals surface area (Å²) in [7, 11) is 0. The first-order valence-electron chi connectivity index (χ1n) is 8.64. The lowest BCUT2D eigenvalue weighted by Crippen LogP contribution is -2.35. The fraction of sp³-hybridized carbons (Fsp3) is 0.200. The quantitative estimate of drug-likeness (QED) is 0.773. The molecule has 1 aromatic carbocycles. The van der Waals surface area contributed by atoms with E-state index >= 15 is 0 Å². The number of hydrogen-bond acceptors (Lipinski definition) is 5. The van der Waals surface area contributed by atoms with Crippen LogP contribution in [0.4, 0.5) is 11.5 Å². The Balaban J connectivity index is 1.59. The number of pyridine rings is 1. The Hall–Kier alpha value is -3.48. The van der Waals surface area contributed by atoms with Gasteiger partial charge >= 0.3 is 0 Å². The molecule has 7 nitrogen and oxygen atoms in total. The Labute approximate surface area is 156 Å². The number of benzene rings is 1. The van der Waals surface area contributed by atoms with Crippen LogP contribution in [0.15, 0.2) is 53.3 Å². The number of para-hydroxylation sites is 1. The van der Waals surface area contributed by atoms with Crippen molar-refractivity contribution >= 4 is 23.3 Å². The van der Waals surface area contributed by atoms with E-state index in [9.17, 15) is 9.59 Å². The van der Waals surface area contributed by atoms with Crippen LogP contribution in [0.1, 0.15) is 39.0 Å². The van der Waals surface area contributed by atoms with Crippen molar-refractivity contribution in [2.24, 2.45) is 0 Å². The zero-order valence-electron chi connectivity index (χ0n) is 15.0. The van der Waals surface area contributed by atoms with Gasteiger partial charge in [0.1, 0.15) is 5.76 Å². The maximum Gasteiger partial charge on any atom is 0.260 e. The summed E-state index contributed by atoms with van der Waals surface area (Å²) in [5.41, 5.74) is 2.69. The van der Waals surface area contributed by atoms with Gasteiger partial charge in [-0.05, 0) is 38.0 Å². The number of nitrogens with one attached hydrogen (secondary N) is 1. The first-order valence-corrected chi connectivity index (χ1v) is 8.64. The van der Waals surface area contributed by atoms with Crippen LogP contribution < -0.4 is 10.2 Å². The van der Waals surface area contributed by atoms with Gasteiger partial charge in [0, 0.05) is 30.2 Å². The predicted octanol–water partition coefficient (Wildman–Crippen LogP) is 3.22. The minimum absolute atomic E-state index is 0.0467. The monoisotopic (exact) mass is 362 g/mol. The maximum atomic E-state index is 13.1. The van der Waals surface area contributed by atoms with Crippen molar-refractivity contribution in [1.82, 2.24) is 10.1 Å². The van der Waals surface area contributed by atoms with Crippen LogP contribution in [-0.4, -0.2) is 28.0 Å². The second-order valence-electron chi connectivity index (χ2n) is 6.60. The SMILES string of the molecule is Cc1cc(NC(=O)c2cncc(C(=O)N3c4ccccc4CC3C)c2)no1. The minimum atomic E-state index is -0.402. The van der Waals surface area contributed by atoms with Crippen LogP contribution in [0.3, 0.4) is 0 Å². The Morgan fingerprint density at radius 1 is 1.19 bits per heavy atom. The number of aryl methyl sites for hydroxylation is 1. The number of carbonyl (C=O) groups is 2. The third-order valence-electron chi connectivity index (χ3n) is 4.54. The lowest BCUT2D eigenvalue weighted by Gasteiger charge is -2.22. The summed E-state index contributed by atoms with van der Waals surface area (Å²) in [6.07, 6.45) is 3.70. The van der Waals surface area contributed by atoms with Gasteiger partial charge in [0.25, 0.3) is 11.8 Å². The summed E-state index contributed by atoms with van der Waals surface area (Å²) in [4.78, 5) is 31.3. The molecule has 0 aliphatic carbocycles. The fourth-order valence-electron chi connectivity index (χ4n) is 3.31. The number of hydrogen-bond donors (Lipinski definition) is 1. The van der Waals surface area contributed by atoms with E-state index in [-0.39, 0.29) is 17.5 Å². The molecule has 0 saturated heterocycles. The van der Waals surface area contributed by atoms with Gasteiger partial charge in [-0.3, -0.25) is 14.6 Å². The number of aromatic nitrogens is 2. The van der Waals surface area contributed by atoms with Gasteiger partial charge in [-0.2, -0.15) is 0 Å². The molecule has 0 saturated carbocycles. The van der Waals surface area contributed by atoms with Crippen molar-refractivity contribution < 1.29 is 14.1 Å². The van der Waals surface area contributed by atoms with Crippen LogP contribution in [-0.2, 0) is 6.42 Å². The third-order valence-corrected chi connectivity index (χ3v) is 4.54. The van der Waals surface area contributed by atoms with Crippen LogP contribution in [0.25, 0.3) is 0 Å². The van der Waals surface area contributed by atoms with Crippen LogP contribution >= 0.6 is 0 Å². The molecular weight excluding hydrogens is 344 g/mol. The summed E-state index contributed by atoms with van der Waals surface area (Å²) in [5, 5.41) is 6.36. The highest BCUT2D eigenvalue weighted by Gasteiger charge is 2.31. The molecule has 0 bridgehead atoms. The molecule has 1 unspecified atom stereocenters. The average molecular weight is 362 g/mol. The second kappa shape index (κ2) is 6.68. The zero-order valence-corrected chi connectivity index (χ0v) is 15.0. The van der Waals surface area contributed by atoms with Crippen molar-refractivity contribution in [3.05, 3.63) is 71.2 Å². The minimum Gasteiger partial charge on any atom is -0.360 e. The summed E-state index contributed by atoms with van der Waals surface area (Å²) >= 11 is 0. The van der Waals surface area contributed by atoms with Crippen molar-refractivity contribution in [3.63, 3.8) is 0 Å². The standard InChI is InChI=1S/C20H18N4O3/c1-12-7-14-5-3-4-6-17(14)24(12)20(26)16-9-15(10-21-11-16)19(25)22-18-8-13(2)27-23-18/h3-6,8-12H,7H2,1-2H3,(H,22,23,25). The molecule has 0 radical (unpaired) electrons. The molecule has 1 aliphatic rings. The third kappa shape index (κ3) is 3.19. The number of rotatable bonds is 3. The van der Waals surface area contributed by atoms with Crippen molar-refractivity contribution in [2.75, 3.05) is 10.2 Å². The van der Waals surface area contributed by atoms with Gasteiger partial charge in [0.15, 0.2) is 5.82 Å². The second-order valence-corrected chi connectivity index (χ2v) is 6.60. The van der Waals surface area contributed by atoms with E-state index < -0.39 is 5.91 Å². The van der Waals surface area contributed by atoms with Crippen molar-refractivity contribution in [1.29, 1.82) is 0 Å². The highest BCUT2D eigenvalue weighted by Crippen LogP contribution is 2.33. The lowest BCUT2D eigenvalue weighted by atomic mass is 10.1. The fourth-order valence-corrected chi connectivity index (χ4v) is 3.31. The number of carbonyl (C=O) groups excluding carboxylic acids is 2. The molecule has 136 valence electrons. The highest BCUT2D eigenvalue weighted by atomic mass is 16.5. The molecule has 2 amide bonds. The average Bonchev–Trinajstić information content (AvgIpc) is 3.23. The van der Waals surface area contributed by atoms with Gasteiger partial charge in [-0.15, -0.1) is 0 Å². The molecule has 27 heavy (non-hydrogen) atoms. The molecule has 4 rings (SSSR count). The van der Waals surface area contributed by atoms with E-state index in [1.807, 2.05) is 31.2 Å². The predicted molar refractivity (Wildman–Crippen MR) is 99.8 cm³/mol. The Morgan fingerprint density at radius 3 is 2.74 bits per heavy atom. The van der Waals surface area contributed by atoms with E-state index in [2.05, 4.69) is 15.5 Å². The molecule has 1 N–H and O–H groups in total. The smallest absolute Gasteiger partial charge is 0.260 e. The molecule has 7 heteroatoms. The van der Waals surface area contributed by atoms with E-state index in [0.29, 0.717) is 17.1 Å². The van der Waals surface area contributed by atoms with Crippen LogP contribution in [0.5, 0.6) is 0 Å². The molecule has 3 heterocycles. The zero-order chi connectivity index (χ0) is 19.0. The van der Waals surface area contributed by atoms with Crippen LogP contribution in [0, 0.1) is 6.92 Å². The molecule has 3 aromatic rings. The summed E-state index contributed by atoms with van der Waals surface area (Å²) in [6.45, 7) is 3.74. The number of anilines is 2. The Bertz CT molecular complexity index is 1030. The number of nitrogens with zero attached hydrogens (tertiary/aromatic N) is 3. The molecule has 1 atom stereocenters. The Kier molecular flexibility index (Phi) is 4.19. The molecule has 0 spiro atoms. The van der Waals surface area contributed by atoms with Gasteiger partial charge in [-0.25, -0.2) is 0 Å². The van der Waals surface area contributed by atoms with Gasteiger partial charge in [-0.1, -0.05) is 23.4 Å². The van der Waals surface area contributed by atoms with Crippen LogP contribution in [0.2, 0.25) is 0 Å². The summed E-state index contributed by atoms with van der Waals surface area (Å²) in [5.74, 6) is 0.331. The topological polar surface area (TPSA) is 88.3 Å². The number of fused-ring (bicyclic) bond motifs is 1. The van der Waals surface area contributed by atoms with Gasteiger partial charge in [0.05, 0.1) is 11.1 Å². The first kappa shape index (κ1) is 17.0. The van der Waals surface area contributed by atoms with E-state index in [1.54, 1.807) is 24.0 Å². The van der Waals surface area contributed by atoms with E-state index in [4.69, 9.17) is 4.52 Å². The van der Waals surface area contributed by atoms with E-state index in [0.717, 1.165) is 17.7 Å².